The number of imidazole rings is 1. The summed E-state index contributed by atoms with van der Waals surface area (Å²) in [4.78, 5) is 16.2. The fourth-order valence-corrected chi connectivity index (χ4v) is 2.32. The number of aliphatic hydroxyl groups excluding tert-OH is 1. The van der Waals surface area contributed by atoms with Gasteiger partial charge in [-0.05, 0) is 32.9 Å². The van der Waals surface area contributed by atoms with Crippen LogP contribution in [-0.2, 0) is 17.7 Å². The first kappa shape index (κ1) is 17.3. The molecule has 0 saturated carbocycles. The summed E-state index contributed by atoms with van der Waals surface area (Å²) >= 11 is 0. The van der Waals surface area contributed by atoms with Crippen LogP contribution in [0.4, 0.5) is 4.79 Å². The van der Waals surface area contributed by atoms with Crippen molar-refractivity contribution in [3.8, 4) is 0 Å². The largest absolute Gasteiger partial charge is 0.444 e. The zero-order valence-electron chi connectivity index (χ0n) is 13.8. The van der Waals surface area contributed by atoms with Crippen molar-refractivity contribution < 1.29 is 14.6 Å². The van der Waals surface area contributed by atoms with Gasteiger partial charge < -0.3 is 19.7 Å². The molecule has 1 heterocycles. The number of amides is 1. The number of aromatic nitrogens is 2. The SMILES string of the molecule is [B]c1ccc2nc(CCNC(=O)OC(C)(C)C)n(CCO)c2c1. The van der Waals surface area contributed by atoms with Gasteiger partial charge in [0.25, 0.3) is 0 Å². The third-order valence-corrected chi connectivity index (χ3v) is 3.19. The third-order valence-electron chi connectivity index (χ3n) is 3.19. The van der Waals surface area contributed by atoms with E-state index in [0.29, 0.717) is 25.0 Å². The lowest BCUT2D eigenvalue weighted by Gasteiger charge is -2.19. The minimum Gasteiger partial charge on any atom is -0.444 e. The summed E-state index contributed by atoms with van der Waals surface area (Å²) in [5.41, 5.74) is 1.83. The Morgan fingerprint density at radius 2 is 2.17 bits per heavy atom. The number of benzene rings is 1. The van der Waals surface area contributed by atoms with E-state index in [4.69, 9.17) is 12.6 Å². The van der Waals surface area contributed by atoms with E-state index in [1.165, 1.54) is 0 Å². The van der Waals surface area contributed by atoms with Gasteiger partial charge in [0, 0.05) is 19.5 Å². The molecule has 7 heteroatoms. The van der Waals surface area contributed by atoms with Gasteiger partial charge >= 0.3 is 6.09 Å². The van der Waals surface area contributed by atoms with Crippen molar-refractivity contribution in [1.29, 1.82) is 0 Å². The number of hydrogen-bond acceptors (Lipinski definition) is 4. The Bertz CT molecular complexity index is 692. The molecule has 1 aromatic carbocycles. The zero-order valence-corrected chi connectivity index (χ0v) is 13.8. The van der Waals surface area contributed by atoms with E-state index >= 15 is 0 Å². The maximum Gasteiger partial charge on any atom is 0.407 e. The van der Waals surface area contributed by atoms with E-state index < -0.39 is 11.7 Å². The highest BCUT2D eigenvalue weighted by Gasteiger charge is 2.16. The van der Waals surface area contributed by atoms with Gasteiger partial charge in [0.1, 0.15) is 19.3 Å². The number of carbonyl (C=O) groups excluding carboxylic acids is 1. The van der Waals surface area contributed by atoms with Crippen LogP contribution in [0.25, 0.3) is 11.0 Å². The van der Waals surface area contributed by atoms with Crippen molar-refractivity contribution in [1.82, 2.24) is 14.9 Å². The molecule has 0 fully saturated rings. The summed E-state index contributed by atoms with van der Waals surface area (Å²) in [6, 6.07) is 5.48. The number of fused-ring (bicyclic) bond motifs is 1. The second-order valence-electron chi connectivity index (χ2n) is 6.33. The summed E-state index contributed by atoms with van der Waals surface area (Å²) < 4.78 is 7.11. The third kappa shape index (κ3) is 4.73. The molecular formula is C16H22BN3O3. The van der Waals surface area contributed by atoms with Crippen LogP contribution in [0.2, 0.25) is 0 Å². The monoisotopic (exact) mass is 315 g/mol. The second kappa shape index (κ2) is 7.04. The summed E-state index contributed by atoms with van der Waals surface area (Å²) in [6.45, 7) is 6.29. The molecule has 2 radical (unpaired) electrons. The zero-order chi connectivity index (χ0) is 17.0. The minimum atomic E-state index is -0.522. The first-order chi connectivity index (χ1) is 10.8. The Labute approximate surface area is 137 Å². The predicted molar refractivity (Wildman–Crippen MR) is 90.1 cm³/mol. The Morgan fingerprint density at radius 3 is 2.83 bits per heavy atom. The summed E-state index contributed by atoms with van der Waals surface area (Å²) in [5, 5.41) is 12.0. The molecule has 2 N–H and O–H groups in total. The average molecular weight is 315 g/mol. The number of hydrogen-bond donors (Lipinski definition) is 2. The second-order valence-corrected chi connectivity index (χ2v) is 6.33. The van der Waals surface area contributed by atoms with E-state index in [1.807, 2.05) is 37.5 Å². The van der Waals surface area contributed by atoms with Crippen molar-refractivity contribution in [2.45, 2.75) is 39.3 Å². The van der Waals surface area contributed by atoms with Crippen LogP contribution in [0.15, 0.2) is 18.2 Å². The Balaban J connectivity index is 2.07. The van der Waals surface area contributed by atoms with Gasteiger partial charge in [-0.15, -0.1) is 0 Å². The molecule has 2 rings (SSSR count). The molecule has 1 aromatic heterocycles. The lowest BCUT2D eigenvalue weighted by Crippen LogP contribution is -2.33. The first-order valence-corrected chi connectivity index (χ1v) is 7.62. The molecule has 0 aliphatic heterocycles. The van der Waals surface area contributed by atoms with Crippen LogP contribution in [0.1, 0.15) is 26.6 Å². The normalized spacial score (nSPS) is 11.7. The van der Waals surface area contributed by atoms with Gasteiger partial charge in [-0.1, -0.05) is 11.5 Å². The van der Waals surface area contributed by atoms with E-state index in [2.05, 4.69) is 10.3 Å². The van der Waals surface area contributed by atoms with E-state index in [0.717, 1.165) is 16.9 Å². The van der Waals surface area contributed by atoms with Gasteiger partial charge in [0.15, 0.2) is 0 Å². The predicted octanol–water partition coefficient (Wildman–Crippen LogP) is 0.890. The number of rotatable bonds is 5. The Kier molecular flexibility index (Phi) is 5.31. The summed E-state index contributed by atoms with van der Waals surface area (Å²) in [5.74, 6) is 0.788. The highest BCUT2D eigenvalue weighted by Crippen LogP contribution is 2.15. The number of carbonyl (C=O) groups is 1. The molecule has 6 nitrogen and oxygen atoms in total. The van der Waals surface area contributed by atoms with Gasteiger partial charge in [0.2, 0.25) is 0 Å². The van der Waals surface area contributed by atoms with Crippen molar-refractivity contribution in [3.05, 3.63) is 24.0 Å². The molecule has 2 aromatic rings. The maximum absolute atomic E-state index is 11.7. The molecule has 1 amide bonds. The number of alkyl carbamates (subject to hydrolysis) is 1. The van der Waals surface area contributed by atoms with Gasteiger partial charge in [-0.2, -0.15) is 0 Å². The van der Waals surface area contributed by atoms with Crippen LogP contribution < -0.4 is 10.8 Å². The summed E-state index contributed by atoms with van der Waals surface area (Å²) in [6.07, 6.45) is 0.0833. The molecule has 0 aliphatic rings. The van der Waals surface area contributed by atoms with Crippen molar-refractivity contribution in [2.75, 3.05) is 13.2 Å². The number of aliphatic hydroxyl groups is 1. The molecule has 0 atom stereocenters. The van der Waals surface area contributed by atoms with Crippen LogP contribution in [-0.4, -0.2) is 47.3 Å². The highest BCUT2D eigenvalue weighted by atomic mass is 16.6. The van der Waals surface area contributed by atoms with Crippen LogP contribution in [0, 0.1) is 0 Å². The van der Waals surface area contributed by atoms with Gasteiger partial charge in [0.05, 0.1) is 17.6 Å². The quantitative estimate of drug-likeness (QED) is 0.804. The Hall–Kier alpha value is -2.02. The molecule has 0 aliphatic carbocycles. The standard InChI is InChI=1S/C16H22BN3O3/c1-16(2,3)23-15(22)18-7-6-14-19-12-5-4-11(17)10-13(12)20(14)8-9-21/h4-5,10,21H,6-9H2,1-3H3,(H,18,22). The molecule has 0 saturated heterocycles. The molecule has 0 bridgehead atoms. The molecule has 23 heavy (non-hydrogen) atoms. The smallest absolute Gasteiger partial charge is 0.407 e. The minimum absolute atomic E-state index is 0.00670. The fraction of sp³-hybridized carbons (Fsp3) is 0.500. The lowest BCUT2D eigenvalue weighted by molar-refractivity contribution is 0.0528. The maximum atomic E-state index is 11.7. The first-order valence-electron chi connectivity index (χ1n) is 7.62. The van der Waals surface area contributed by atoms with Crippen molar-refractivity contribution >= 4 is 30.4 Å². The van der Waals surface area contributed by atoms with Crippen LogP contribution in [0.5, 0.6) is 0 Å². The number of nitrogens with zero attached hydrogens (tertiary/aromatic N) is 2. The van der Waals surface area contributed by atoms with E-state index in [-0.39, 0.29) is 6.61 Å². The van der Waals surface area contributed by atoms with Gasteiger partial charge in [-0.3, -0.25) is 0 Å². The molecule has 0 spiro atoms. The molecular weight excluding hydrogens is 293 g/mol. The van der Waals surface area contributed by atoms with E-state index in [9.17, 15) is 9.90 Å². The fourth-order valence-electron chi connectivity index (χ4n) is 2.32. The van der Waals surface area contributed by atoms with Gasteiger partial charge in [-0.25, -0.2) is 9.78 Å². The van der Waals surface area contributed by atoms with Crippen LogP contribution >= 0.6 is 0 Å². The molecule has 122 valence electrons. The van der Waals surface area contributed by atoms with Crippen molar-refractivity contribution in [2.24, 2.45) is 0 Å². The van der Waals surface area contributed by atoms with E-state index in [1.54, 1.807) is 6.07 Å². The Morgan fingerprint density at radius 1 is 1.43 bits per heavy atom. The van der Waals surface area contributed by atoms with Crippen LogP contribution in [0.3, 0.4) is 0 Å². The molecule has 0 unspecified atom stereocenters. The lowest BCUT2D eigenvalue weighted by atomic mass is 9.96. The number of nitrogens with one attached hydrogen (secondary N) is 1. The number of ether oxygens (including phenoxy) is 1. The highest BCUT2D eigenvalue weighted by molar-refractivity contribution is 6.33. The topological polar surface area (TPSA) is 76.4 Å². The van der Waals surface area contributed by atoms with Crippen molar-refractivity contribution in [3.63, 3.8) is 0 Å². The summed E-state index contributed by atoms with van der Waals surface area (Å²) in [7, 11) is 5.82. The average Bonchev–Trinajstić information content (AvgIpc) is 2.75.